The lowest BCUT2D eigenvalue weighted by Crippen LogP contribution is -2.34. The van der Waals surface area contributed by atoms with Crippen molar-refractivity contribution in [1.82, 2.24) is 4.90 Å². The van der Waals surface area contributed by atoms with Crippen molar-refractivity contribution in [2.24, 2.45) is 11.7 Å². The van der Waals surface area contributed by atoms with Crippen LogP contribution < -0.4 is 5.73 Å². The van der Waals surface area contributed by atoms with E-state index in [4.69, 9.17) is 10.2 Å². The number of hydrogen-bond donors (Lipinski definition) is 1. The van der Waals surface area contributed by atoms with Gasteiger partial charge in [0.05, 0.1) is 6.54 Å². The van der Waals surface area contributed by atoms with Gasteiger partial charge in [0.15, 0.2) is 0 Å². The van der Waals surface area contributed by atoms with Gasteiger partial charge >= 0.3 is 0 Å². The molecule has 0 aliphatic carbocycles. The Hall–Kier alpha value is -1.81. The molecule has 2 N–H and O–H groups in total. The van der Waals surface area contributed by atoms with Gasteiger partial charge in [0.1, 0.15) is 11.3 Å². The Kier molecular flexibility index (Phi) is 3.67. The highest BCUT2D eigenvalue weighted by molar-refractivity contribution is 5.79. The molecule has 1 atom stereocenters. The molecule has 0 radical (unpaired) electrons. The number of furan rings is 1. The fourth-order valence-electron chi connectivity index (χ4n) is 1.90. The van der Waals surface area contributed by atoms with Crippen LogP contribution in [0.1, 0.15) is 12.7 Å². The Morgan fingerprint density at radius 2 is 2.17 bits per heavy atom. The lowest BCUT2D eigenvalue weighted by Gasteiger charge is -2.19. The van der Waals surface area contributed by atoms with Gasteiger partial charge in [-0.1, -0.05) is 25.1 Å². The zero-order chi connectivity index (χ0) is 13.1. The van der Waals surface area contributed by atoms with Crippen LogP contribution in [0.5, 0.6) is 0 Å². The van der Waals surface area contributed by atoms with Crippen molar-refractivity contribution in [3.05, 3.63) is 36.1 Å². The summed E-state index contributed by atoms with van der Waals surface area (Å²) in [7, 11) is 1.77. The van der Waals surface area contributed by atoms with Crippen LogP contribution in [0.15, 0.2) is 34.7 Å². The number of carbonyl (C=O) groups excluding carboxylic acids is 1. The summed E-state index contributed by atoms with van der Waals surface area (Å²) in [5.41, 5.74) is 6.34. The minimum Gasteiger partial charge on any atom is -0.459 e. The van der Waals surface area contributed by atoms with Crippen molar-refractivity contribution in [1.29, 1.82) is 0 Å². The first-order chi connectivity index (χ1) is 8.61. The van der Waals surface area contributed by atoms with Gasteiger partial charge < -0.3 is 15.1 Å². The molecule has 18 heavy (non-hydrogen) atoms. The van der Waals surface area contributed by atoms with Crippen LogP contribution in [0.25, 0.3) is 11.0 Å². The minimum absolute atomic E-state index is 0.0398. The summed E-state index contributed by atoms with van der Waals surface area (Å²) in [6, 6.07) is 9.77. The molecule has 96 valence electrons. The topological polar surface area (TPSA) is 59.5 Å². The number of benzene rings is 1. The van der Waals surface area contributed by atoms with E-state index in [1.165, 1.54) is 0 Å². The number of nitrogens with two attached hydrogens (primary N) is 1. The normalized spacial score (nSPS) is 12.6. The van der Waals surface area contributed by atoms with Crippen LogP contribution in [-0.4, -0.2) is 24.4 Å². The van der Waals surface area contributed by atoms with Crippen LogP contribution in [-0.2, 0) is 11.3 Å². The summed E-state index contributed by atoms with van der Waals surface area (Å²) < 4.78 is 5.68. The van der Waals surface area contributed by atoms with Gasteiger partial charge in [-0.3, -0.25) is 4.79 Å². The van der Waals surface area contributed by atoms with Crippen LogP contribution in [0.3, 0.4) is 0 Å². The number of rotatable bonds is 4. The quantitative estimate of drug-likeness (QED) is 0.897. The molecule has 0 aliphatic rings. The second kappa shape index (κ2) is 5.23. The van der Waals surface area contributed by atoms with Crippen LogP contribution in [0.4, 0.5) is 0 Å². The van der Waals surface area contributed by atoms with E-state index in [0.717, 1.165) is 16.7 Å². The maximum atomic E-state index is 11.9. The number of fused-ring (bicyclic) bond motifs is 1. The fraction of sp³-hybridized carbons (Fsp3) is 0.357. The molecule has 2 rings (SSSR count). The molecule has 0 fully saturated rings. The largest absolute Gasteiger partial charge is 0.459 e. The summed E-state index contributed by atoms with van der Waals surface area (Å²) in [5.74, 6) is 0.675. The zero-order valence-corrected chi connectivity index (χ0v) is 10.7. The molecule has 1 heterocycles. The molecule has 1 aromatic carbocycles. The Morgan fingerprint density at radius 1 is 1.44 bits per heavy atom. The minimum atomic E-state index is -0.153. The average molecular weight is 246 g/mol. The standard InChI is InChI=1S/C14H18N2O2/c1-10(8-15)14(17)16(2)9-12-7-11-5-3-4-6-13(11)18-12/h3-7,10H,8-9,15H2,1-2H3. The smallest absolute Gasteiger partial charge is 0.226 e. The maximum Gasteiger partial charge on any atom is 0.226 e. The molecular formula is C14H18N2O2. The molecule has 4 heteroatoms. The Bertz CT molecular complexity index is 514. The molecule has 0 bridgehead atoms. The van der Waals surface area contributed by atoms with Crippen molar-refractivity contribution < 1.29 is 9.21 Å². The molecule has 0 saturated heterocycles. The molecular weight excluding hydrogens is 228 g/mol. The molecule has 0 saturated carbocycles. The molecule has 0 aliphatic heterocycles. The van der Waals surface area contributed by atoms with Gasteiger partial charge in [0.2, 0.25) is 5.91 Å². The lowest BCUT2D eigenvalue weighted by molar-refractivity contribution is -0.134. The fourth-order valence-corrected chi connectivity index (χ4v) is 1.90. The average Bonchev–Trinajstić information content (AvgIpc) is 2.78. The second-order valence-electron chi connectivity index (χ2n) is 4.58. The molecule has 0 spiro atoms. The highest BCUT2D eigenvalue weighted by Gasteiger charge is 2.17. The van der Waals surface area contributed by atoms with E-state index in [1.807, 2.05) is 37.3 Å². The van der Waals surface area contributed by atoms with E-state index < -0.39 is 0 Å². The summed E-state index contributed by atoms with van der Waals surface area (Å²) >= 11 is 0. The van der Waals surface area contributed by atoms with Gasteiger partial charge in [-0.15, -0.1) is 0 Å². The van der Waals surface area contributed by atoms with Crippen molar-refractivity contribution in [3.8, 4) is 0 Å². The summed E-state index contributed by atoms with van der Waals surface area (Å²) in [6.07, 6.45) is 0. The van der Waals surface area contributed by atoms with E-state index in [1.54, 1.807) is 11.9 Å². The Morgan fingerprint density at radius 3 is 2.83 bits per heavy atom. The van der Waals surface area contributed by atoms with Crippen molar-refractivity contribution in [2.75, 3.05) is 13.6 Å². The maximum absolute atomic E-state index is 11.9. The number of hydrogen-bond acceptors (Lipinski definition) is 3. The van der Waals surface area contributed by atoms with E-state index in [-0.39, 0.29) is 11.8 Å². The van der Waals surface area contributed by atoms with Crippen molar-refractivity contribution >= 4 is 16.9 Å². The van der Waals surface area contributed by atoms with Crippen LogP contribution in [0, 0.1) is 5.92 Å². The molecule has 2 aromatic rings. The monoisotopic (exact) mass is 246 g/mol. The first-order valence-corrected chi connectivity index (χ1v) is 6.04. The molecule has 4 nitrogen and oxygen atoms in total. The number of nitrogens with zero attached hydrogens (tertiary/aromatic N) is 1. The van der Waals surface area contributed by atoms with Crippen LogP contribution in [0.2, 0.25) is 0 Å². The van der Waals surface area contributed by atoms with E-state index in [2.05, 4.69) is 0 Å². The molecule has 1 unspecified atom stereocenters. The van der Waals surface area contributed by atoms with E-state index >= 15 is 0 Å². The number of carbonyl (C=O) groups is 1. The molecule has 1 aromatic heterocycles. The highest BCUT2D eigenvalue weighted by Crippen LogP contribution is 2.20. The van der Waals surface area contributed by atoms with Gasteiger partial charge in [0, 0.05) is 24.9 Å². The van der Waals surface area contributed by atoms with Crippen molar-refractivity contribution in [3.63, 3.8) is 0 Å². The second-order valence-corrected chi connectivity index (χ2v) is 4.58. The van der Waals surface area contributed by atoms with Gasteiger partial charge in [-0.25, -0.2) is 0 Å². The van der Waals surface area contributed by atoms with Crippen molar-refractivity contribution in [2.45, 2.75) is 13.5 Å². The zero-order valence-electron chi connectivity index (χ0n) is 10.7. The molecule has 1 amide bonds. The van der Waals surface area contributed by atoms with E-state index in [0.29, 0.717) is 13.1 Å². The van der Waals surface area contributed by atoms with E-state index in [9.17, 15) is 4.79 Å². The highest BCUT2D eigenvalue weighted by atomic mass is 16.3. The summed E-state index contributed by atoms with van der Waals surface area (Å²) in [4.78, 5) is 13.5. The van der Waals surface area contributed by atoms with Crippen LogP contribution >= 0.6 is 0 Å². The van der Waals surface area contributed by atoms with Gasteiger partial charge in [-0.05, 0) is 12.1 Å². The third kappa shape index (κ3) is 2.54. The Balaban J connectivity index is 2.11. The van der Waals surface area contributed by atoms with Gasteiger partial charge in [-0.2, -0.15) is 0 Å². The third-order valence-electron chi connectivity index (χ3n) is 3.02. The number of para-hydroxylation sites is 1. The number of amides is 1. The Labute approximate surface area is 106 Å². The predicted molar refractivity (Wildman–Crippen MR) is 70.9 cm³/mol. The SMILES string of the molecule is CC(CN)C(=O)N(C)Cc1cc2ccccc2o1. The van der Waals surface area contributed by atoms with Gasteiger partial charge in [0.25, 0.3) is 0 Å². The first kappa shape index (κ1) is 12.6. The summed E-state index contributed by atoms with van der Waals surface area (Å²) in [6.45, 7) is 2.67. The first-order valence-electron chi connectivity index (χ1n) is 6.04. The third-order valence-corrected chi connectivity index (χ3v) is 3.02. The summed E-state index contributed by atoms with van der Waals surface area (Å²) in [5, 5.41) is 1.06. The predicted octanol–water partition coefficient (Wildman–Crippen LogP) is 1.99. The lowest BCUT2D eigenvalue weighted by atomic mass is 10.1.